The van der Waals surface area contributed by atoms with Crippen molar-refractivity contribution in [1.29, 1.82) is 0 Å². The van der Waals surface area contributed by atoms with Crippen molar-refractivity contribution in [3.8, 4) is 16.9 Å². The standard InChI is InChI=1S/C27H32F2N6O2S/c1-38(36,37)32-21-5-6-23(24(17-21)33-13-9-26(7-8-26)10-14-33)35-19-20(18-30-35)22-3-2-4-25(31-22)34-15-11-27(28,29)12-16-34/h2-6,17-19,32H,7-16H2,1H3. The maximum atomic E-state index is 13.6. The van der Waals surface area contributed by atoms with Crippen LogP contribution in [0.2, 0.25) is 0 Å². The Morgan fingerprint density at radius 1 is 0.895 bits per heavy atom. The topological polar surface area (TPSA) is 83.4 Å². The second kappa shape index (κ2) is 9.21. The third kappa shape index (κ3) is 5.34. The highest BCUT2D eigenvalue weighted by molar-refractivity contribution is 7.92. The molecule has 2 aromatic heterocycles. The maximum absolute atomic E-state index is 13.6. The predicted molar refractivity (Wildman–Crippen MR) is 145 cm³/mol. The van der Waals surface area contributed by atoms with Gasteiger partial charge in [-0.25, -0.2) is 26.9 Å². The predicted octanol–water partition coefficient (Wildman–Crippen LogP) is 4.92. The molecule has 0 bridgehead atoms. The van der Waals surface area contributed by atoms with Gasteiger partial charge in [-0.05, 0) is 61.4 Å². The van der Waals surface area contributed by atoms with Crippen molar-refractivity contribution in [2.24, 2.45) is 5.41 Å². The SMILES string of the molecule is CS(=O)(=O)Nc1ccc(-n2cc(-c3cccc(N4CCC(F)(F)CC4)n3)cn2)c(N2CCC3(CC2)CC3)c1. The van der Waals surface area contributed by atoms with Gasteiger partial charge in [0.05, 0.1) is 35.2 Å². The van der Waals surface area contributed by atoms with Gasteiger partial charge in [-0.2, -0.15) is 5.10 Å². The number of hydrogen-bond donors (Lipinski definition) is 1. The smallest absolute Gasteiger partial charge is 0.251 e. The maximum Gasteiger partial charge on any atom is 0.251 e. The lowest BCUT2D eigenvalue weighted by Crippen LogP contribution is -2.39. The molecule has 1 aromatic carbocycles. The summed E-state index contributed by atoms with van der Waals surface area (Å²) in [6.45, 7) is 2.39. The number of nitrogens with one attached hydrogen (secondary N) is 1. The number of nitrogens with zero attached hydrogens (tertiary/aromatic N) is 5. The number of halogens is 2. The van der Waals surface area contributed by atoms with Crippen molar-refractivity contribution in [1.82, 2.24) is 14.8 Å². The van der Waals surface area contributed by atoms with Crippen LogP contribution >= 0.6 is 0 Å². The fraction of sp³-hybridized carbons (Fsp3) is 0.481. The lowest BCUT2D eigenvalue weighted by atomic mass is 9.93. The summed E-state index contributed by atoms with van der Waals surface area (Å²) in [6.07, 6.45) is 9.36. The molecule has 38 heavy (non-hydrogen) atoms. The Morgan fingerprint density at radius 2 is 1.61 bits per heavy atom. The number of piperidine rings is 2. The summed E-state index contributed by atoms with van der Waals surface area (Å²) in [5.74, 6) is -1.92. The monoisotopic (exact) mass is 542 g/mol. The highest BCUT2D eigenvalue weighted by atomic mass is 32.2. The number of anilines is 3. The molecule has 6 rings (SSSR count). The summed E-state index contributed by atoms with van der Waals surface area (Å²) in [7, 11) is -3.41. The van der Waals surface area contributed by atoms with Gasteiger partial charge in [0, 0.05) is 50.8 Å². The average Bonchev–Trinajstić information content (AvgIpc) is 3.44. The van der Waals surface area contributed by atoms with E-state index >= 15 is 0 Å². The number of benzene rings is 1. The van der Waals surface area contributed by atoms with E-state index in [0.717, 1.165) is 54.8 Å². The third-order valence-electron chi connectivity index (χ3n) is 8.08. The quantitative estimate of drug-likeness (QED) is 0.476. The van der Waals surface area contributed by atoms with Gasteiger partial charge < -0.3 is 9.80 Å². The first-order valence-corrected chi connectivity index (χ1v) is 15.0. The van der Waals surface area contributed by atoms with Crippen LogP contribution in [-0.4, -0.2) is 61.5 Å². The summed E-state index contributed by atoms with van der Waals surface area (Å²) in [6, 6.07) is 11.2. The van der Waals surface area contributed by atoms with E-state index in [1.165, 1.54) is 12.8 Å². The van der Waals surface area contributed by atoms with E-state index in [1.54, 1.807) is 16.9 Å². The molecule has 3 aromatic rings. The van der Waals surface area contributed by atoms with Gasteiger partial charge in [0.15, 0.2) is 0 Å². The second-order valence-electron chi connectivity index (χ2n) is 11.0. The number of aromatic nitrogens is 3. The van der Waals surface area contributed by atoms with Crippen LogP contribution in [0.3, 0.4) is 0 Å². The molecular formula is C27H32F2N6O2S. The van der Waals surface area contributed by atoms with Crippen molar-refractivity contribution in [3.63, 3.8) is 0 Å². The Kier molecular flexibility index (Phi) is 6.08. The molecule has 2 saturated heterocycles. The summed E-state index contributed by atoms with van der Waals surface area (Å²) in [5.41, 5.74) is 4.35. The van der Waals surface area contributed by atoms with Crippen LogP contribution < -0.4 is 14.5 Å². The molecule has 1 aliphatic carbocycles. The number of alkyl halides is 2. The van der Waals surface area contributed by atoms with Crippen molar-refractivity contribution in [3.05, 3.63) is 48.8 Å². The molecule has 4 heterocycles. The molecule has 0 unspecified atom stereocenters. The molecule has 1 saturated carbocycles. The molecule has 1 spiro atoms. The van der Waals surface area contributed by atoms with E-state index in [9.17, 15) is 17.2 Å². The van der Waals surface area contributed by atoms with Crippen LogP contribution in [0.1, 0.15) is 38.5 Å². The summed E-state index contributed by atoms with van der Waals surface area (Å²) < 4.78 is 55.4. The zero-order chi connectivity index (χ0) is 26.5. The summed E-state index contributed by atoms with van der Waals surface area (Å²) in [5, 5.41) is 4.62. The van der Waals surface area contributed by atoms with Gasteiger partial charge in [0.25, 0.3) is 5.92 Å². The van der Waals surface area contributed by atoms with E-state index in [-0.39, 0.29) is 25.9 Å². The van der Waals surface area contributed by atoms with Crippen LogP contribution in [0.4, 0.5) is 26.0 Å². The van der Waals surface area contributed by atoms with Gasteiger partial charge in [-0.15, -0.1) is 0 Å². The fourth-order valence-electron chi connectivity index (χ4n) is 5.56. The Morgan fingerprint density at radius 3 is 2.29 bits per heavy atom. The first kappa shape index (κ1) is 25.1. The highest BCUT2D eigenvalue weighted by Crippen LogP contribution is 2.54. The van der Waals surface area contributed by atoms with E-state index < -0.39 is 15.9 Å². The van der Waals surface area contributed by atoms with Crippen LogP contribution in [0.25, 0.3) is 16.9 Å². The largest absolute Gasteiger partial charge is 0.370 e. The number of rotatable bonds is 6. The summed E-state index contributed by atoms with van der Waals surface area (Å²) in [4.78, 5) is 8.97. The van der Waals surface area contributed by atoms with Gasteiger partial charge in [-0.1, -0.05) is 6.07 Å². The van der Waals surface area contributed by atoms with Gasteiger partial charge in [-0.3, -0.25) is 4.72 Å². The Balaban J connectivity index is 1.28. The Hall–Kier alpha value is -3.21. The van der Waals surface area contributed by atoms with Crippen LogP contribution in [0.5, 0.6) is 0 Å². The number of hydrogen-bond acceptors (Lipinski definition) is 6. The molecule has 3 aliphatic rings. The average molecular weight is 543 g/mol. The first-order valence-electron chi connectivity index (χ1n) is 13.1. The zero-order valence-corrected chi connectivity index (χ0v) is 22.2. The van der Waals surface area contributed by atoms with Crippen molar-refractivity contribution in [2.45, 2.75) is 44.4 Å². The van der Waals surface area contributed by atoms with Crippen LogP contribution in [0.15, 0.2) is 48.8 Å². The van der Waals surface area contributed by atoms with Crippen molar-refractivity contribution in [2.75, 3.05) is 47.0 Å². The van der Waals surface area contributed by atoms with Gasteiger partial charge in [0.1, 0.15) is 5.82 Å². The molecule has 0 amide bonds. The van der Waals surface area contributed by atoms with E-state index in [1.807, 2.05) is 41.4 Å². The first-order chi connectivity index (χ1) is 18.1. The molecule has 11 heteroatoms. The van der Waals surface area contributed by atoms with Crippen molar-refractivity contribution < 1.29 is 17.2 Å². The lowest BCUT2D eigenvalue weighted by Gasteiger charge is -2.35. The molecule has 0 radical (unpaired) electrons. The fourth-order valence-corrected chi connectivity index (χ4v) is 6.11. The Bertz CT molecular complexity index is 1430. The molecule has 3 fully saturated rings. The molecule has 1 N–H and O–H groups in total. The minimum absolute atomic E-state index is 0.165. The van der Waals surface area contributed by atoms with Gasteiger partial charge >= 0.3 is 0 Å². The minimum Gasteiger partial charge on any atom is -0.370 e. The van der Waals surface area contributed by atoms with Crippen LogP contribution in [0, 0.1) is 5.41 Å². The number of sulfonamides is 1. The molecule has 8 nitrogen and oxygen atoms in total. The van der Waals surface area contributed by atoms with Crippen molar-refractivity contribution >= 4 is 27.2 Å². The molecule has 2 aliphatic heterocycles. The van der Waals surface area contributed by atoms with E-state index in [2.05, 4.69) is 14.7 Å². The summed E-state index contributed by atoms with van der Waals surface area (Å²) >= 11 is 0. The molecular weight excluding hydrogens is 510 g/mol. The van der Waals surface area contributed by atoms with E-state index in [0.29, 0.717) is 16.9 Å². The minimum atomic E-state index is -3.41. The van der Waals surface area contributed by atoms with Crippen LogP contribution in [-0.2, 0) is 10.0 Å². The number of pyridine rings is 1. The Labute approximate surface area is 221 Å². The third-order valence-corrected chi connectivity index (χ3v) is 8.69. The zero-order valence-electron chi connectivity index (χ0n) is 21.4. The highest BCUT2D eigenvalue weighted by Gasteiger charge is 2.44. The normalized spacial score (nSPS) is 20.5. The second-order valence-corrected chi connectivity index (χ2v) is 12.7. The van der Waals surface area contributed by atoms with E-state index in [4.69, 9.17) is 4.98 Å². The molecule has 0 atom stereocenters. The molecule has 202 valence electrons. The van der Waals surface area contributed by atoms with Gasteiger partial charge in [0.2, 0.25) is 10.0 Å². The lowest BCUT2D eigenvalue weighted by molar-refractivity contribution is -0.0221.